The molecule has 8 heteroatoms. The van der Waals surface area contributed by atoms with Gasteiger partial charge in [0.15, 0.2) is 6.61 Å². The molecule has 166 valence electrons. The number of hydrogen-bond acceptors (Lipinski definition) is 4. The number of rotatable bonds is 6. The normalized spacial score (nSPS) is 15.3. The van der Waals surface area contributed by atoms with Crippen molar-refractivity contribution < 1.29 is 17.9 Å². The fourth-order valence-corrected chi connectivity index (χ4v) is 4.98. The van der Waals surface area contributed by atoms with Gasteiger partial charge in [-0.15, -0.1) is 0 Å². The Morgan fingerprint density at radius 1 is 1.12 bits per heavy atom. The van der Waals surface area contributed by atoms with E-state index in [1.807, 2.05) is 38.1 Å². The van der Waals surface area contributed by atoms with Gasteiger partial charge in [-0.2, -0.15) is 0 Å². The second kappa shape index (κ2) is 8.84. The molecule has 1 heterocycles. The molecule has 0 fully saturated rings. The molecule has 3 aromatic carbocycles. The first-order valence-corrected chi connectivity index (χ1v) is 12.0. The van der Waals surface area contributed by atoms with E-state index >= 15 is 0 Å². The molecule has 32 heavy (non-hydrogen) atoms. The van der Waals surface area contributed by atoms with E-state index in [4.69, 9.17) is 16.3 Å². The molecule has 1 atom stereocenters. The third kappa shape index (κ3) is 4.59. The summed E-state index contributed by atoms with van der Waals surface area (Å²) in [6, 6.07) is 18.8. The average molecular weight is 471 g/mol. The molecular weight excluding hydrogens is 448 g/mol. The number of aryl methyl sites for hydroxylation is 1. The van der Waals surface area contributed by atoms with Gasteiger partial charge in [0, 0.05) is 16.8 Å². The highest BCUT2D eigenvalue weighted by atomic mass is 35.5. The van der Waals surface area contributed by atoms with E-state index in [9.17, 15) is 13.2 Å². The van der Waals surface area contributed by atoms with Gasteiger partial charge in [0.1, 0.15) is 5.75 Å². The van der Waals surface area contributed by atoms with Gasteiger partial charge in [0.05, 0.1) is 10.6 Å². The topological polar surface area (TPSA) is 75.7 Å². The van der Waals surface area contributed by atoms with Gasteiger partial charge in [-0.1, -0.05) is 35.9 Å². The fraction of sp³-hybridized carbons (Fsp3) is 0.208. The van der Waals surface area contributed by atoms with Crippen molar-refractivity contribution >= 4 is 38.9 Å². The second-order valence-corrected chi connectivity index (χ2v) is 9.86. The van der Waals surface area contributed by atoms with Crippen LogP contribution in [0.15, 0.2) is 71.6 Å². The molecule has 0 aliphatic carbocycles. The lowest BCUT2D eigenvalue weighted by Crippen LogP contribution is -2.39. The van der Waals surface area contributed by atoms with Crippen LogP contribution in [-0.4, -0.2) is 27.0 Å². The lowest BCUT2D eigenvalue weighted by Gasteiger charge is -2.22. The quantitative estimate of drug-likeness (QED) is 0.561. The van der Waals surface area contributed by atoms with Gasteiger partial charge in [-0.05, 0) is 73.9 Å². The number of fused-ring (bicyclic) bond motifs is 1. The molecule has 1 aliphatic heterocycles. The van der Waals surface area contributed by atoms with Crippen LogP contribution in [-0.2, 0) is 21.2 Å². The van der Waals surface area contributed by atoms with E-state index in [1.54, 1.807) is 23.1 Å². The van der Waals surface area contributed by atoms with Crippen LogP contribution in [0.1, 0.15) is 18.1 Å². The Morgan fingerprint density at radius 2 is 1.84 bits per heavy atom. The lowest BCUT2D eigenvalue weighted by atomic mass is 10.1. The minimum atomic E-state index is -3.78. The minimum Gasteiger partial charge on any atom is -0.484 e. The number of nitrogens with zero attached hydrogens (tertiary/aromatic N) is 1. The minimum absolute atomic E-state index is 0.0670. The third-order valence-electron chi connectivity index (χ3n) is 5.40. The Balaban J connectivity index is 1.40. The SMILES string of the molecule is Cc1ccc(NS(=O)(=O)c2ccc(OCC(=O)N3c4ccccc4C[C@H]3C)cc2)cc1Cl. The van der Waals surface area contributed by atoms with Gasteiger partial charge in [-0.3, -0.25) is 9.52 Å². The van der Waals surface area contributed by atoms with E-state index in [1.165, 1.54) is 24.3 Å². The molecule has 1 aliphatic rings. The Labute approximate surface area is 192 Å². The molecule has 0 saturated heterocycles. The molecule has 0 unspecified atom stereocenters. The largest absolute Gasteiger partial charge is 0.484 e. The van der Waals surface area contributed by atoms with Crippen LogP contribution in [0.3, 0.4) is 0 Å². The van der Waals surface area contributed by atoms with E-state index in [0.29, 0.717) is 16.5 Å². The smallest absolute Gasteiger partial charge is 0.265 e. The van der Waals surface area contributed by atoms with Crippen molar-refractivity contribution in [3.63, 3.8) is 0 Å². The number of halogens is 1. The summed E-state index contributed by atoms with van der Waals surface area (Å²) in [5, 5.41) is 0.480. The number of hydrogen-bond donors (Lipinski definition) is 1. The summed E-state index contributed by atoms with van der Waals surface area (Å²) in [4.78, 5) is 14.6. The van der Waals surface area contributed by atoms with Crippen molar-refractivity contribution in [3.05, 3.63) is 82.9 Å². The van der Waals surface area contributed by atoms with Crippen molar-refractivity contribution in [1.29, 1.82) is 0 Å². The summed E-state index contributed by atoms with van der Waals surface area (Å²) in [5.74, 6) is 0.271. The number of benzene rings is 3. The molecule has 1 amide bonds. The number of amides is 1. The molecule has 0 spiro atoms. The van der Waals surface area contributed by atoms with Crippen LogP contribution >= 0.6 is 11.6 Å². The maximum Gasteiger partial charge on any atom is 0.265 e. The molecule has 4 rings (SSSR count). The number of sulfonamides is 1. The number of carbonyl (C=O) groups is 1. The molecule has 1 N–H and O–H groups in total. The highest BCUT2D eigenvalue weighted by Gasteiger charge is 2.30. The van der Waals surface area contributed by atoms with E-state index < -0.39 is 10.0 Å². The molecular formula is C24H23ClN2O4S. The Kier molecular flexibility index (Phi) is 6.13. The van der Waals surface area contributed by atoms with Gasteiger partial charge in [0.25, 0.3) is 15.9 Å². The van der Waals surface area contributed by atoms with Crippen LogP contribution in [0, 0.1) is 6.92 Å². The number of nitrogens with one attached hydrogen (secondary N) is 1. The highest BCUT2D eigenvalue weighted by Crippen LogP contribution is 2.32. The Morgan fingerprint density at radius 3 is 2.56 bits per heavy atom. The van der Waals surface area contributed by atoms with Gasteiger partial charge in [0.2, 0.25) is 0 Å². The zero-order valence-electron chi connectivity index (χ0n) is 17.7. The lowest BCUT2D eigenvalue weighted by molar-refractivity contribution is -0.120. The van der Waals surface area contributed by atoms with Crippen molar-refractivity contribution in [2.75, 3.05) is 16.2 Å². The number of carbonyl (C=O) groups excluding carboxylic acids is 1. The maximum absolute atomic E-state index is 12.8. The van der Waals surface area contributed by atoms with E-state index in [0.717, 1.165) is 23.2 Å². The predicted octanol–water partition coefficient (Wildman–Crippen LogP) is 4.81. The first-order chi connectivity index (χ1) is 15.2. The van der Waals surface area contributed by atoms with Crippen molar-refractivity contribution in [2.24, 2.45) is 0 Å². The maximum atomic E-state index is 12.8. The molecule has 3 aromatic rings. The number of para-hydroxylation sites is 1. The number of anilines is 2. The zero-order valence-corrected chi connectivity index (χ0v) is 19.3. The summed E-state index contributed by atoms with van der Waals surface area (Å²) in [7, 11) is -3.78. The van der Waals surface area contributed by atoms with E-state index in [-0.39, 0.29) is 23.5 Å². The average Bonchev–Trinajstić information content (AvgIpc) is 3.10. The predicted molar refractivity (Wildman–Crippen MR) is 126 cm³/mol. The van der Waals surface area contributed by atoms with E-state index in [2.05, 4.69) is 4.72 Å². The highest BCUT2D eigenvalue weighted by molar-refractivity contribution is 7.92. The number of ether oxygens (including phenoxy) is 1. The van der Waals surface area contributed by atoms with Crippen molar-refractivity contribution in [3.8, 4) is 5.75 Å². The zero-order chi connectivity index (χ0) is 22.9. The first kappa shape index (κ1) is 22.2. The molecule has 0 bridgehead atoms. The standard InChI is InChI=1S/C24H23ClN2O4S/c1-16-7-8-19(14-22(16)25)26-32(29,30)21-11-9-20(10-12-21)31-15-24(28)27-17(2)13-18-5-3-4-6-23(18)27/h3-12,14,17,26H,13,15H2,1-2H3/t17-/m1/s1. The van der Waals surface area contributed by atoms with Crippen molar-refractivity contribution in [2.45, 2.75) is 31.2 Å². The summed E-state index contributed by atoms with van der Waals surface area (Å²) in [6.45, 7) is 3.71. The Bertz CT molecular complexity index is 1260. The van der Waals surface area contributed by atoms with Gasteiger partial charge < -0.3 is 9.64 Å². The molecule has 0 aromatic heterocycles. The van der Waals surface area contributed by atoms with Gasteiger partial charge >= 0.3 is 0 Å². The first-order valence-electron chi connectivity index (χ1n) is 10.2. The van der Waals surface area contributed by atoms with Gasteiger partial charge in [-0.25, -0.2) is 8.42 Å². The second-order valence-electron chi connectivity index (χ2n) is 7.78. The molecule has 0 radical (unpaired) electrons. The van der Waals surface area contributed by atoms with Crippen molar-refractivity contribution in [1.82, 2.24) is 0 Å². The molecule has 0 saturated carbocycles. The summed E-state index contributed by atoms with van der Waals surface area (Å²) >= 11 is 6.07. The van der Waals surface area contributed by atoms with Crippen LogP contribution < -0.4 is 14.4 Å². The van der Waals surface area contributed by atoms with Crippen LogP contribution in [0.5, 0.6) is 5.75 Å². The summed E-state index contributed by atoms with van der Waals surface area (Å²) < 4.78 is 33.4. The summed E-state index contributed by atoms with van der Waals surface area (Å²) in [5.41, 5.74) is 3.30. The Hall–Kier alpha value is -3.03. The van der Waals surface area contributed by atoms with Crippen LogP contribution in [0.25, 0.3) is 0 Å². The monoisotopic (exact) mass is 470 g/mol. The summed E-state index contributed by atoms with van der Waals surface area (Å²) in [6.07, 6.45) is 0.813. The fourth-order valence-electron chi connectivity index (χ4n) is 3.75. The van der Waals surface area contributed by atoms with Crippen LogP contribution in [0.2, 0.25) is 5.02 Å². The molecule has 6 nitrogen and oxygen atoms in total. The third-order valence-corrected chi connectivity index (χ3v) is 7.20. The van der Waals surface area contributed by atoms with Crippen LogP contribution in [0.4, 0.5) is 11.4 Å².